The third kappa shape index (κ3) is 3.26. The van der Waals surface area contributed by atoms with E-state index in [0.29, 0.717) is 28.3 Å². The number of nitrogens with one attached hydrogen (secondary N) is 1. The number of carbonyl (C=O) groups excluding carboxylic acids is 1. The van der Waals surface area contributed by atoms with Gasteiger partial charge in [-0.2, -0.15) is 0 Å². The van der Waals surface area contributed by atoms with E-state index in [1.54, 1.807) is 18.2 Å². The zero-order valence-corrected chi connectivity index (χ0v) is 11.7. The Morgan fingerprint density at radius 1 is 1.33 bits per heavy atom. The molecule has 21 heavy (non-hydrogen) atoms. The zero-order valence-electron chi connectivity index (χ0n) is 10.9. The minimum absolute atomic E-state index is 0.153. The summed E-state index contributed by atoms with van der Waals surface area (Å²) >= 11 is 1.15. The first kappa shape index (κ1) is 13.7. The standard InChI is InChI=1S/C12H12N4O4S/c13-4-11-15-16-12(20-11)21-5-10(17)14-7-1-2-8-9(3-7)19-6-18-8/h1-3H,4-6,13H2,(H,14,17). The molecule has 0 unspecified atom stereocenters. The maximum atomic E-state index is 11.8. The average Bonchev–Trinajstić information content (AvgIpc) is 3.13. The first-order chi connectivity index (χ1) is 10.2. The third-order valence-corrected chi connectivity index (χ3v) is 3.42. The molecule has 0 atom stereocenters. The summed E-state index contributed by atoms with van der Waals surface area (Å²) in [6.45, 7) is 0.375. The van der Waals surface area contributed by atoms with Crippen LogP contribution >= 0.6 is 11.8 Å². The number of anilines is 1. The molecular formula is C12H12N4O4S. The second-order valence-electron chi connectivity index (χ2n) is 4.07. The number of amides is 1. The first-order valence-corrected chi connectivity index (χ1v) is 7.08. The number of fused-ring (bicyclic) bond motifs is 1. The van der Waals surface area contributed by atoms with Gasteiger partial charge in [0.05, 0.1) is 12.3 Å². The highest BCUT2D eigenvalue weighted by atomic mass is 32.2. The fourth-order valence-corrected chi connectivity index (χ4v) is 2.26. The van der Waals surface area contributed by atoms with Crippen LogP contribution in [0.25, 0.3) is 0 Å². The van der Waals surface area contributed by atoms with Crippen molar-refractivity contribution in [1.82, 2.24) is 10.2 Å². The van der Waals surface area contributed by atoms with Crippen LogP contribution in [0.2, 0.25) is 0 Å². The Bertz CT molecular complexity index is 660. The predicted octanol–water partition coefficient (Wildman–Crippen LogP) is 0.988. The maximum Gasteiger partial charge on any atom is 0.277 e. The van der Waals surface area contributed by atoms with Crippen molar-refractivity contribution in [3.8, 4) is 11.5 Å². The number of ether oxygens (including phenoxy) is 2. The van der Waals surface area contributed by atoms with Gasteiger partial charge < -0.3 is 24.9 Å². The highest BCUT2D eigenvalue weighted by molar-refractivity contribution is 7.99. The monoisotopic (exact) mass is 308 g/mol. The molecule has 2 heterocycles. The van der Waals surface area contributed by atoms with E-state index in [1.165, 1.54) is 0 Å². The van der Waals surface area contributed by atoms with Crippen LogP contribution in [0.15, 0.2) is 27.8 Å². The van der Waals surface area contributed by atoms with Crippen LogP contribution in [0.5, 0.6) is 11.5 Å². The molecule has 1 amide bonds. The molecule has 1 aromatic carbocycles. The van der Waals surface area contributed by atoms with Gasteiger partial charge in [-0.05, 0) is 12.1 Å². The van der Waals surface area contributed by atoms with E-state index in [1.807, 2.05) is 0 Å². The van der Waals surface area contributed by atoms with Gasteiger partial charge in [-0.25, -0.2) is 0 Å². The van der Waals surface area contributed by atoms with Crippen LogP contribution in [0.3, 0.4) is 0 Å². The van der Waals surface area contributed by atoms with Gasteiger partial charge in [-0.15, -0.1) is 10.2 Å². The molecule has 1 aromatic heterocycles. The van der Waals surface area contributed by atoms with Gasteiger partial charge in [-0.1, -0.05) is 11.8 Å². The number of carbonyl (C=O) groups is 1. The van der Waals surface area contributed by atoms with Crippen molar-refractivity contribution < 1.29 is 18.7 Å². The van der Waals surface area contributed by atoms with E-state index < -0.39 is 0 Å². The molecule has 110 valence electrons. The quantitative estimate of drug-likeness (QED) is 0.786. The van der Waals surface area contributed by atoms with Gasteiger partial charge >= 0.3 is 0 Å². The maximum absolute atomic E-state index is 11.8. The number of rotatable bonds is 5. The molecule has 3 N–H and O–H groups in total. The average molecular weight is 308 g/mol. The van der Waals surface area contributed by atoms with Crippen molar-refractivity contribution in [2.24, 2.45) is 5.73 Å². The van der Waals surface area contributed by atoms with Crippen LogP contribution in [0, 0.1) is 0 Å². The molecule has 2 aromatic rings. The number of benzene rings is 1. The molecule has 1 aliphatic heterocycles. The summed E-state index contributed by atoms with van der Waals surface area (Å²) in [6.07, 6.45) is 0. The highest BCUT2D eigenvalue weighted by Crippen LogP contribution is 2.34. The van der Waals surface area contributed by atoms with Crippen LogP contribution in [-0.2, 0) is 11.3 Å². The molecule has 8 nitrogen and oxygen atoms in total. The molecule has 9 heteroatoms. The lowest BCUT2D eigenvalue weighted by molar-refractivity contribution is -0.113. The zero-order chi connectivity index (χ0) is 14.7. The molecule has 0 saturated heterocycles. The van der Waals surface area contributed by atoms with Gasteiger partial charge in [0.15, 0.2) is 11.5 Å². The first-order valence-electron chi connectivity index (χ1n) is 6.09. The number of aromatic nitrogens is 2. The van der Waals surface area contributed by atoms with E-state index in [0.717, 1.165) is 11.8 Å². The molecule has 1 aliphatic rings. The second kappa shape index (κ2) is 6.02. The van der Waals surface area contributed by atoms with E-state index in [9.17, 15) is 4.79 Å². The van der Waals surface area contributed by atoms with E-state index in [-0.39, 0.29) is 25.0 Å². The van der Waals surface area contributed by atoms with Crippen molar-refractivity contribution in [2.75, 3.05) is 17.9 Å². The van der Waals surface area contributed by atoms with E-state index >= 15 is 0 Å². The minimum Gasteiger partial charge on any atom is -0.454 e. The minimum atomic E-state index is -0.189. The lowest BCUT2D eigenvalue weighted by atomic mass is 10.3. The summed E-state index contributed by atoms with van der Waals surface area (Å²) < 4.78 is 15.6. The smallest absolute Gasteiger partial charge is 0.277 e. The number of hydrogen-bond acceptors (Lipinski definition) is 8. The van der Waals surface area contributed by atoms with Gasteiger partial charge in [0.2, 0.25) is 18.6 Å². The van der Waals surface area contributed by atoms with Crippen LogP contribution < -0.4 is 20.5 Å². The molecule has 0 radical (unpaired) electrons. The molecule has 0 fully saturated rings. The van der Waals surface area contributed by atoms with Crippen molar-refractivity contribution in [1.29, 1.82) is 0 Å². The van der Waals surface area contributed by atoms with Crippen LogP contribution in [0.4, 0.5) is 5.69 Å². The van der Waals surface area contributed by atoms with Crippen LogP contribution in [-0.4, -0.2) is 28.7 Å². The summed E-state index contributed by atoms with van der Waals surface area (Å²) in [5.74, 6) is 1.59. The molecule has 0 aliphatic carbocycles. The lowest BCUT2D eigenvalue weighted by Crippen LogP contribution is -2.13. The van der Waals surface area contributed by atoms with Gasteiger partial charge in [0.25, 0.3) is 5.22 Å². The fourth-order valence-electron chi connectivity index (χ4n) is 1.68. The van der Waals surface area contributed by atoms with Crippen molar-refractivity contribution >= 4 is 23.4 Å². The van der Waals surface area contributed by atoms with Crippen molar-refractivity contribution in [2.45, 2.75) is 11.8 Å². The molecular weight excluding hydrogens is 296 g/mol. The van der Waals surface area contributed by atoms with Crippen LogP contribution in [0.1, 0.15) is 5.89 Å². The normalized spacial score (nSPS) is 12.4. The van der Waals surface area contributed by atoms with Gasteiger partial charge in [0.1, 0.15) is 0 Å². The lowest BCUT2D eigenvalue weighted by Gasteiger charge is -2.04. The van der Waals surface area contributed by atoms with E-state index in [4.69, 9.17) is 19.6 Å². The Kier molecular flexibility index (Phi) is 3.93. The highest BCUT2D eigenvalue weighted by Gasteiger charge is 2.14. The second-order valence-corrected chi connectivity index (χ2v) is 5.00. The number of hydrogen-bond donors (Lipinski definition) is 2. The van der Waals surface area contributed by atoms with Crippen molar-refractivity contribution in [3.63, 3.8) is 0 Å². The summed E-state index contributed by atoms with van der Waals surface area (Å²) in [4.78, 5) is 11.8. The Labute approximate surface area is 124 Å². The Morgan fingerprint density at radius 3 is 3.00 bits per heavy atom. The number of nitrogens with zero attached hydrogens (tertiary/aromatic N) is 2. The fraction of sp³-hybridized carbons (Fsp3) is 0.250. The summed E-state index contributed by atoms with van der Waals surface area (Å²) in [5, 5.41) is 10.5. The Morgan fingerprint density at radius 2 is 2.19 bits per heavy atom. The number of thioether (sulfide) groups is 1. The van der Waals surface area contributed by atoms with Gasteiger partial charge in [0, 0.05) is 11.8 Å². The van der Waals surface area contributed by atoms with Gasteiger partial charge in [-0.3, -0.25) is 4.79 Å². The molecule has 0 spiro atoms. The SMILES string of the molecule is NCc1nnc(SCC(=O)Nc2ccc3c(c2)OCO3)o1. The topological polar surface area (TPSA) is 113 Å². The van der Waals surface area contributed by atoms with E-state index in [2.05, 4.69) is 15.5 Å². The summed E-state index contributed by atoms with van der Waals surface area (Å²) in [5.41, 5.74) is 6.00. The van der Waals surface area contributed by atoms with Crippen molar-refractivity contribution in [3.05, 3.63) is 24.1 Å². The third-order valence-electron chi connectivity index (χ3n) is 2.61. The largest absolute Gasteiger partial charge is 0.454 e. The number of nitrogens with two attached hydrogens (primary N) is 1. The molecule has 0 saturated carbocycles. The Balaban J connectivity index is 1.54. The summed E-state index contributed by atoms with van der Waals surface area (Å²) in [6, 6.07) is 5.20. The Hall–Kier alpha value is -2.26. The summed E-state index contributed by atoms with van der Waals surface area (Å²) in [7, 11) is 0. The molecule has 3 rings (SSSR count). The molecule has 0 bridgehead atoms. The predicted molar refractivity (Wildman–Crippen MR) is 74.1 cm³/mol.